The number of halogens is 2. The zero-order valence-corrected chi connectivity index (χ0v) is 11.4. The normalized spacial score (nSPS) is 16.7. The fraction of sp³-hybridized carbons (Fsp3) is 0.143. The lowest BCUT2D eigenvalue weighted by molar-refractivity contribution is 0.0583. The topological polar surface area (TPSA) is 44.5 Å². The highest BCUT2D eigenvalue weighted by atomic mass is 35.5. The number of rotatable bonds is 2. The highest BCUT2D eigenvalue weighted by Gasteiger charge is 2.27. The summed E-state index contributed by atoms with van der Waals surface area (Å²) >= 11 is 12.5. The first-order chi connectivity index (χ1) is 9.20. The molecule has 0 amide bonds. The Labute approximate surface area is 120 Å². The molecule has 5 heteroatoms. The van der Waals surface area contributed by atoms with E-state index < -0.39 is 6.29 Å². The predicted octanol–water partition coefficient (Wildman–Crippen LogP) is 3.72. The molecule has 0 bridgehead atoms. The average molecular weight is 296 g/mol. The van der Waals surface area contributed by atoms with Crippen LogP contribution in [0.25, 0.3) is 11.1 Å². The van der Waals surface area contributed by atoms with Crippen molar-refractivity contribution in [2.75, 3.05) is 6.54 Å². The van der Waals surface area contributed by atoms with Crippen LogP contribution in [0.3, 0.4) is 0 Å². The zero-order chi connectivity index (χ0) is 13.4. The molecule has 1 heterocycles. The number of para-hydroxylation sites is 1. The van der Waals surface area contributed by atoms with Crippen molar-refractivity contribution in [3.63, 3.8) is 0 Å². The second-order valence-corrected chi connectivity index (χ2v) is 4.94. The van der Waals surface area contributed by atoms with Crippen LogP contribution in [0.1, 0.15) is 0 Å². The molecule has 0 fully saturated rings. The van der Waals surface area contributed by atoms with E-state index in [1.54, 1.807) is 18.2 Å². The molecule has 0 spiro atoms. The summed E-state index contributed by atoms with van der Waals surface area (Å²) in [5, 5.41) is 1.14. The van der Waals surface area contributed by atoms with Crippen LogP contribution in [-0.2, 0) is 0 Å². The third-order valence-corrected chi connectivity index (χ3v) is 3.54. The average Bonchev–Trinajstić information content (AvgIpc) is 2.82. The number of hydrogen-bond acceptors (Lipinski definition) is 3. The van der Waals surface area contributed by atoms with Gasteiger partial charge in [-0.3, -0.25) is 0 Å². The number of ether oxygens (including phenoxy) is 2. The molecule has 0 saturated carbocycles. The van der Waals surface area contributed by atoms with Gasteiger partial charge in [0.2, 0.25) is 0 Å². The summed E-state index contributed by atoms with van der Waals surface area (Å²) in [5.74, 6) is 1.29. The number of fused-ring (bicyclic) bond motifs is 1. The second-order valence-electron chi connectivity index (χ2n) is 4.13. The number of hydrogen-bond donors (Lipinski definition) is 1. The maximum Gasteiger partial charge on any atom is 0.253 e. The Hall–Kier alpha value is -1.42. The molecular weight excluding hydrogens is 285 g/mol. The van der Waals surface area contributed by atoms with Crippen molar-refractivity contribution in [1.29, 1.82) is 0 Å². The van der Waals surface area contributed by atoms with E-state index >= 15 is 0 Å². The lowest BCUT2D eigenvalue weighted by atomic mass is 10.0. The fourth-order valence-corrected chi connectivity index (χ4v) is 2.68. The molecule has 98 valence electrons. The number of nitrogens with two attached hydrogens (primary N) is 1. The Kier molecular flexibility index (Phi) is 3.27. The van der Waals surface area contributed by atoms with E-state index in [2.05, 4.69) is 0 Å². The Bertz CT molecular complexity index is 611. The maximum atomic E-state index is 6.23. The van der Waals surface area contributed by atoms with Crippen LogP contribution in [-0.4, -0.2) is 12.8 Å². The van der Waals surface area contributed by atoms with Crippen LogP contribution in [0.15, 0.2) is 36.4 Å². The van der Waals surface area contributed by atoms with Gasteiger partial charge >= 0.3 is 0 Å². The minimum absolute atomic E-state index is 0.282. The Morgan fingerprint density at radius 3 is 2.37 bits per heavy atom. The molecular formula is C14H11Cl2NO2. The van der Waals surface area contributed by atoms with Crippen molar-refractivity contribution < 1.29 is 9.47 Å². The SMILES string of the molecule is NC[C@H]1Oc2cccc(-c3c(Cl)cccc3Cl)c2O1. The summed E-state index contributed by atoms with van der Waals surface area (Å²) in [6, 6.07) is 11.0. The van der Waals surface area contributed by atoms with Crippen LogP contribution in [0.4, 0.5) is 0 Å². The minimum atomic E-state index is -0.461. The molecule has 1 aliphatic rings. The van der Waals surface area contributed by atoms with Gasteiger partial charge in [-0.2, -0.15) is 0 Å². The molecule has 3 rings (SSSR count). The van der Waals surface area contributed by atoms with E-state index in [9.17, 15) is 0 Å². The molecule has 0 aromatic heterocycles. The van der Waals surface area contributed by atoms with Gasteiger partial charge in [0.1, 0.15) is 0 Å². The zero-order valence-electron chi connectivity index (χ0n) is 9.90. The molecule has 3 nitrogen and oxygen atoms in total. The van der Waals surface area contributed by atoms with E-state index in [0.717, 1.165) is 11.1 Å². The minimum Gasteiger partial charge on any atom is -0.450 e. The molecule has 2 N–H and O–H groups in total. The predicted molar refractivity (Wildman–Crippen MR) is 76.0 cm³/mol. The van der Waals surface area contributed by atoms with Gasteiger partial charge in [-0.05, 0) is 18.2 Å². The Balaban J connectivity index is 2.16. The van der Waals surface area contributed by atoms with Crippen LogP contribution in [0.5, 0.6) is 11.5 Å². The molecule has 0 unspecified atom stereocenters. The summed E-state index contributed by atoms with van der Waals surface area (Å²) in [7, 11) is 0. The monoisotopic (exact) mass is 295 g/mol. The Morgan fingerprint density at radius 1 is 1.00 bits per heavy atom. The van der Waals surface area contributed by atoms with Gasteiger partial charge in [0.25, 0.3) is 6.29 Å². The van der Waals surface area contributed by atoms with Crippen molar-refractivity contribution in [3.8, 4) is 22.6 Å². The van der Waals surface area contributed by atoms with Crippen LogP contribution in [0, 0.1) is 0 Å². The molecule has 2 aromatic rings. The van der Waals surface area contributed by atoms with Gasteiger partial charge in [0.05, 0.1) is 16.6 Å². The van der Waals surface area contributed by atoms with Gasteiger partial charge in [0.15, 0.2) is 11.5 Å². The van der Waals surface area contributed by atoms with Gasteiger partial charge in [0, 0.05) is 11.1 Å². The molecule has 0 aliphatic carbocycles. The van der Waals surface area contributed by atoms with Crippen LogP contribution < -0.4 is 15.2 Å². The summed E-state index contributed by atoms with van der Waals surface area (Å²) in [4.78, 5) is 0. The summed E-state index contributed by atoms with van der Waals surface area (Å²) in [6.45, 7) is 0.282. The molecule has 19 heavy (non-hydrogen) atoms. The third-order valence-electron chi connectivity index (χ3n) is 2.91. The van der Waals surface area contributed by atoms with Crippen molar-refractivity contribution in [2.24, 2.45) is 5.73 Å². The van der Waals surface area contributed by atoms with Crippen LogP contribution >= 0.6 is 23.2 Å². The van der Waals surface area contributed by atoms with Crippen molar-refractivity contribution in [3.05, 3.63) is 46.4 Å². The lowest BCUT2D eigenvalue weighted by Crippen LogP contribution is -2.27. The first-order valence-electron chi connectivity index (χ1n) is 5.81. The standard InChI is InChI=1S/C14H11Cl2NO2/c15-9-4-2-5-10(16)13(9)8-3-1-6-11-14(8)19-12(7-17)18-11/h1-6,12H,7,17H2/t12-/m0/s1. The van der Waals surface area contributed by atoms with E-state index in [4.69, 9.17) is 38.4 Å². The summed E-state index contributed by atoms with van der Waals surface area (Å²) < 4.78 is 11.3. The lowest BCUT2D eigenvalue weighted by Gasteiger charge is -2.10. The van der Waals surface area contributed by atoms with Gasteiger partial charge in [-0.1, -0.05) is 41.4 Å². The van der Waals surface area contributed by atoms with Gasteiger partial charge in [-0.15, -0.1) is 0 Å². The fourth-order valence-electron chi connectivity index (χ4n) is 2.08. The quantitative estimate of drug-likeness (QED) is 0.918. The Morgan fingerprint density at radius 2 is 1.68 bits per heavy atom. The smallest absolute Gasteiger partial charge is 0.253 e. The summed E-state index contributed by atoms with van der Waals surface area (Å²) in [5.41, 5.74) is 7.11. The number of benzene rings is 2. The largest absolute Gasteiger partial charge is 0.450 e. The molecule has 0 radical (unpaired) electrons. The van der Waals surface area contributed by atoms with Crippen LogP contribution in [0.2, 0.25) is 10.0 Å². The first-order valence-corrected chi connectivity index (χ1v) is 6.57. The molecule has 2 aromatic carbocycles. The molecule has 1 aliphatic heterocycles. The first kappa shape index (κ1) is 12.6. The van der Waals surface area contributed by atoms with E-state index in [-0.39, 0.29) is 6.54 Å². The molecule has 1 atom stereocenters. The van der Waals surface area contributed by atoms with Crippen molar-refractivity contribution in [2.45, 2.75) is 6.29 Å². The van der Waals surface area contributed by atoms with Gasteiger partial charge in [-0.25, -0.2) is 0 Å². The van der Waals surface area contributed by atoms with Crippen molar-refractivity contribution >= 4 is 23.2 Å². The maximum absolute atomic E-state index is 6.23. The van der Waals surface area contributed by atoms with Crippen molar-refractivity contribution in [1.82, 2.24) is 0 Å². The molecule has 0 saturated heterocycles. The van der Waals surface area contributed by atoms with E-state index in [0.29, 0.717) is 21.5 Å². The third kappa shape index (κ3) is 2.14. The second kappa shape index (κ2) is 4.93. The highest BCUT2D eigenvalue weighted by Crippen LogP contribution is 2.46. The summed E-state index contributed by atoms with van der Waals surface area (Å²) in [6.07, 6.45) is -0.461. The highest BCUT2D eigenvalue weighted by molar-refractivity contribution is 6.39. The van der Waals surface area contributed by atoms with E-state index in [1.165, 1.54) is 0 Å². The van der Waals surface area contributed by atoms with Gasteiger partial charge < -0.3 is 15.2 Å². The van der Waals surface area contributed by atoms with E-state index in [1.807, 2.05) is 18.2 Å².